The van der Waals surface area contributed by atoms with Gasteiger partial charge in [-0.25, -0.2) is 9.78 Å². The van der Waals surface area contributed by atoms with Crippen molar-refractivity contribution in [3.8, 4) is 11.5 Å². The average molecular weight is 420 g/mol. The fourth-order valence-electron chi connectivity index (χ4n) is 2.80. The second-order valence-electron chi connectivity index (χ2n) is 7.42. The standard InChI is InChI=1S/C24H24N2O5/c1-14(2)22(28)25-19-12-10-17(11-13-19)21(27)16(4)31-24(29)20-15(3)30-23(26-20)18-8-6-5-7-9-18/h5-14,16H,1-4H3,(H,25,28)/t16-/m0/s1. The van der Waals surface area contributed by atoms with Crippen LogP contribution in [0.5, 0.6) is 0 Å². The minimum atomic E-state index is -1.01. The Morgan fingerprint density at radius 2 is 1.61 bits per heavy atom. The molecular formula is C24H24N2O5. The Morgan fingerprint density at radius 1 is 0.968 bits per heavy atom. The zero-order chi connectivity index (χ0) is 22.5. The summed E-state index contributed by atoms with van der Waals surface area (Å²) >= 11 is 0. The Balaban J connectivity index is 1.66. The molecule has 0 aliphatic carbocycles. The number of aromatic nitrogens is 1. The molecule has 0 saturated heterocycles. The molecule has 0 radical (unpaired) electrons. The molecule has 1 aromatic heterocycles. The van der Waals surface area contributed by atoms with Crippen molar-refractivity contribution in [3.05, 3.63) is 71.6 Å². The van der Waals surface area contributed by atoms with Crippen LogP contribution in [0.25, 0.3) is 11.5 Å². The van der Waals surface area contributed by atoms with E-state index in [0.717, 1.165) is 5.56 Å². The molecule has 7 heteroatoms. The molecule has 0 unspecified atom stereocenters. The Labute approximate surface area is 180 Å². The number of hydrogen-bond donors (Lipinski definition) is 1. The summed E-state index contributed by atoms with van der Waals surface area (Å²) in [5.41, 5.74) is 1.72. The molecule has 3 aromatic rings. The normalized spacial score (nSPS) is 11.8. The summed E-state index contributed by atoms with van der Waals surface area (Å²) < 4.78 is 10.9. The van der Waals surface area contributed by atoms with Gasteiger partial charge in [0, 0.05) is 22.7 Å². The van der Waals surface area contributed by atoms with Crippen molar-refractivity contribution < 1.29 is 23.5 Å². The van der Waals surface area contributed by atoms with Crippen molar-refractivity contribution in [3.63, 3.8) is 0 Å². The predicted molar refractivity (Wildman–Crippen MR) is 116 cm³/mol. The summed E-state index contributed by atoms with van der Waals surface area (Å²) in [4.78, 5) is 41.2. The maximum absolute atomic E-state index is 12.7. The number of esters is 1. The molecule has 7 nitrogen and oxygen atoms in total. The van der Waals surface area contributed by atoms with Gasteiger partial charge in [0.15, 0.2) is 11.8 Å². The molecule has 0 spiro atoms. The zero-order valence-corrected chi connectivity index (χ0v) is 17.8. The minimum Gasteiger partial charge on any atom is -0.449 e. The van der Waals surface area contributed by atoms with E-state index in [1.165, 1.54) is 6.92 Å². The zero-order valence-electron chi connectivity index (χ0n) is 17.8. The van der Waals surface area contributed by atoms with E-state index in [9.17, 15) is 14.4 Å². The molecule has 0 fully saturated rings. The number of carbonyl (C=O) groups excluding carboxylic acids is 3. The number of nitrogens with one attached hydrogen (secondary N) is 1. The molecule has 1 N–H and O–H groups in total. The Morgan fingerprint density at radius 3 is 2.23 bits per heavy atom. The largest absolute Gasteiger partial charge is 0.449 e. The molecule has 160 valence electrons. The Kier molecular flexibility index (Phi) is 6.65. The molecule has 31 heavy (non-hydrogen) atoms. The first kappa shape index (κ1) is 22.0. The van der Waals surface area contributed by atoms with Crippen molar-refractivity contribution in [2.45, 2.75) is 33.8 Å². The quantitative estimate of drug-likeness (QED) is 0.440. The van der Waals surface area contributed by atoms with Gasteiger partial charge in [-0.05, 0) is 50.2 Å². The third kappa shape index (κ3) is 5.25. The monoisotopic (exact) mass is 420 g/mol. The van der Waals surface area contributed by atoms with E-state index >= 15 is 0 Å². The molecule has 0 saturated carbocycles. The van der Waals surface area contributed by atoms with Crippen LogP contribution in [0.4, 0.5) is 5.69 Å². The number of carbonyl (C=O) groups is 3. The van der Waals surface area contributed by atoms with E-state index in [-0.39, 0.29) is 23.3 Å². The topological polar surface area (TPSA) is 98.5 Å². The van der Waals surface area contributed by atoms with Crippen LogP contribution in [-0.2, 0) is 9.53 Å². The molecule has 1 atom stereocenters. The first-order chi connectivity index (χ1) is 14.8. The van der Waals surface area contributed by atoms with Crippen molar-refractivity contribution in [2.75, 3.05) is 5.32 Å². The lowest BCUT2D eigenvalue weighted by Crippen LogP contribution is -2.25. The fourth-order valence-corrected chi connectivity index (χ4v) is 2.80. The molecule has 0 bridgehead atoms. The Hall–Kier alpha value is -3.74. The number of oxazole rings is 1. The first-order valence-corrected chi connectivity index (χ1v) is 9.95. The van der Waals surface area contributed by atoms with Gasteiger partial charge in [0.25, 0.3) is 0 Å². The number of rotatable bonds is 7. The van der Waals surface area contributed by atoms with Crippen LogP contribution in [0.15, 0.2) is 59.0 Å². The van der Waals surface area contributed by atoms with Crippen LogP contribution in [0, 0.1) is 12.8 Å². The maximum Gasteiger partial charge on any atom is 0.361 e. The molecule has 1 heterocycles. The van der Waals surface area contributed by atoms with Crippen LogP contribution in [0.3, 0.4) is 0 Å². The highest BCUT2D eigenvalue weighted by Crippen LogP contribution is 2.22. The van der Waals surface area contributed by atoms with E-state index in [1.807, 2.05) is 30.3 Å². The van der Waals surface area contributed by atoms with Gasteiger partial charge in [0.1, 0.15) is 5.76 Å². The van der Waals surface area contributed by atoms with Gasteiger partial charge in [0.2, 0.25) is 17.6 Å². The molecule has 2 aromatic carbocycles. The summed E-state index contributed by atoms with van der Waals surface area (Å²) in [6.45, 7) is 6.71. The number of anilines is 1. The number of aryl methyl sites for hydroxylation is 1. The third-order valence-corrected chi connectivity index (χ3v) is 4.63. The highest BCUT2D eigenvalue weighted by atomic mass is 16.5. The smallest absolute Gasteiger partial charge is 0.361 e. The van der Waals surface area contributed by atoms with E-state index < -0.39 is 12.1 Å². The summed E-state index contributed by atoms with van der Waals surface area (Å²) in [5, 5.41) is 2.76. The maximum atomic E-state index is 12.7. The van der Waals surface area contributed by atoms with E-state index in [0.29, 0.717) is 22.9 Å². The van der Waals surface area contributed by atoms with Gasteiger partial charge in [-0.1, -0.05) is 32.0 Å². The number of benzene rings is 2. The van der Waals surface area contributed by atoms with Crippen LogP contribution in [0.1, 0.15) is 47.4 Å². The SMILES string of the molecule is Cc1oc(-c2ccccc2)nc1C(=O)O[C@@H](C)C(=O)c1ccc(NC(=O)C(C)C)cc1. The molecule has 0 aliphatic rings. The number of ketones is 1. The minimum absolute atomic E-state index is 0.0326. The number of Topliss-reactive ketones (excluding diaryl/α,β-unsaturated/α-hetero) is 1. The van der Waals surface area contributed by atoms with Gasteiger partial charge in [-0.2, -0.15) is 0 Å². The van der Waals surface area contributed by atoms with Crippen molar-refractivity contribution in [1.82, 2.24) is 4.98 Å². The van der Waals surface area contributed by atoms with E-state index in [2.05, 4.69) is 10.3 Å². The van der Waals surface area contributed by atoms with E-state index in [4.69, 9.17) is 9.15 Å². The van der Waals surface area contributed by atoms with Crippen molar-refractivity contribution in [2.24, 2.45) is 5.92 Å². The van der Waals surface area contributed by atoms with Crippen LogP contribution in [0.2, 0.25) is 0 Å². The summed E-state index contributed by atoms with van der Waals surface area (Å²) in [7, 11) is 0. The highest BCUT2D eigenvalue weighted by Gasteiger charge is 2.25. The van der Waals surface area contributed by atoms with Gasteiger partial charge in [-0.3, -0.25) is 9.59 Å². The predicted octanol–water partition coefficient (Wildman–Crippen LogP) is 4.67. The second kappa shape index (κ2) is 9.38. The summed E-state index contributed by atoms with van der Waals surface area (Å²) in [6, 6.07) is 15.6. The number of ether oxygens (including phenoxy) is 1. The van der Waals surface area contributed by atoms with Gasteiger partial charge in [-0.15, -0.1) is 0 Å². The lowest BCUT2D eigenvalue weighted by Gasteiger charge is -2.12. The Bertz CT molecular complexity index is 1080. The summed E-state index contributed by atoms with van der Waals surface area (Å²) in [6.07, 6.45) is -1.01. The highest BCUT2D eigenvalue weighted by molar-refractivity contribution is 6.02. The van der Waals surface area contributed by atoms with Gasteiger partial charge < -0.3 is 14.5 Å². The van der Waals surface area contributed by atoms with Gasteiger partial charge in [0.05, 0.1) is 0 Å². The molecule has 1 amide bonds. The van der Waals surface area contributed by atoms with Crippen molar-refractivity contribution >= 4 is 23.3 Å². The first-order valence-electron chi connectivity index (χ1n) is 9.95. The summed E-state index contributed by atoms with van der Waals surface area (Å²) in [5.74, 6) is -0.733. The molecule has 0 aliphatic heterocycles. The van der Waals surface area contributed by atoms with E-state index in [1.54, 1.807) is 45.0 Å². The lowest BCUT2D eigenvalue weighted by molar-refractivity contribution is -0.118. The lowest BCUT2D eigenvalue weighted by atomic mass is 10.1. The van der Waals surface area contributed by atoms with Crippen LogP contribution < -0.4 is 5.32 Å². The number of hydrogen-bond acceptors (Lipinski definition) is 6. The van der Waals surface area contributed by atoms with Crippen LogP contribution in [-0.4, -0.2) is 28.7 Å². The molecule has 3 rings (SSSR count). The van der Waals surface area contributed by atoms with Crippen LogP contribution >= 0.6 is 0 Å². The second-order valence-corrected chi connectivity index (χ2v) is 7.42. The number of nitrogens with zero attached hydrogens (tertiary/aromatic N) is 1. The average Bonchev–Trinajstić information content (AvgIpc) is 3.16. The van der Waals surface area contributed by atoms with Gasteiger partial charge >= 0.3 is 5.97 Å². The third-order valence-electron chi connectivity index (χ3n) is 4.63. The number of amides is 1. The van der Waals surface area contributed by atoms with Crippen molar-refractivity contribution in [1.29, 1.82) is 0 Å². The fraction of sp³-hybridized carbons (Fsp3) is 0.250. The molecular weight excluding hydrogens is 396 g/mol.